The SMILES string of the molecule is O=C(NC[C@H]1CN(c2cc(Cn3ccncc3=O)cs2)C(=O)O1)c1ccc(Cl)s1. The first-order valence-electron chi connectivity index (χ1n) is 8.59. The molecule has 1 atom stereocenters. The minimum Gasteiger partial charge on any atom is -0.442 e. The summed E-state index contributed by atoms with van der Waals surface area (Å²) in [6.45, 7) is 0.935. The van der Waals surface area contributed by atoms with E-state index in [4.69, 9.17) is 16.3 Å². The number of aromatic nitrogens is 2. The summed E-state index contributed by atoms with van der Waals surface area (Å²) in [6.07, 6.45) is 3.51. The summed E-state index contributed by atoms with van der Waals surface area (Å²) in [7, 11) is 0. The van der Waals surface area contributed by atoms with Crippen molar-refractivity contribution < 1.29 is 14.3 Å². The van der Waals surface area contributed by atoms with Gasteiger partial charge in [-0.15, -0.1) is 22.7 Å². The van der Waals surface area contributed by atoms with Crippen LogP contribution in [0.5, 0.6) is 0 Å². The van der Waals surface area contributed by atoms with Gasteiger partial charge in [0.15, 0.2) is 0 Å². The van der Waals surface area contributed by atoms with Crippen LogP contribution in [0.1, 0.15) is 15.2 Å². The Morgan fingerprint density at radius 2 is 2.24 bits per heavy atom. The van der Waals surface area contributed by atoms with Crippen LogP contribution in [0.2, 0.25) is 4.34 Å². The van der Waals surface area contributed by atoms with Gasteiger partial charge in [0.2, 0.25) is 0 Å². The van der Waals surface area contributed by atoms with Crippen LogP contribution in [0.15, 0.2) is 47.0 Å². The number of cyclic esters (lactones) is 1. The zero-order valence-electron chi connectivity index (χ0n) is 14.9. The summed E-state index contributed by atoms with van der Waals surface area (Å²) in [4.78, 5) is 42.0. The smallest absolute Gasteiger partial charge is 0.415 e. The van der Waals surface area contributed by atoms with Crippen LogP contribution in [0, 0.1) is 0 Å². The highest BCUT2D eigenvalue weighted by atomic mass is 35.5. The number of nitrogens with one attached hydrogen (secondary N) is 1. The number of amides is 2. The Morgan fingerprint density at radius 1 is 1.38 bits per heavy atom. The normalized spacial score (nSPS) is 16.1. The molecule has 4 heterocycles. The predicted molar refractivity (Wildman–Crippen MR) is 111 cm³/mol. The molecule has 0 aliphatic carbocycles. The molecule has 3 aromatic rings. The topological polar surface area (TPSA) is 93.5 Å². The van der Waals surface area contributed by atoms with Gasteiger partial charge in [0.1, 0.15) is 11.1 Å². The minimum absolute atomic E-state index is 0.191. The fraction of sp³-hybridized carbons (Fsp3) is 0.222. The Morgan fingerprint density at radius 3 is 3.00 bits per heavy atom. The molecule has 0 saturated carbocycles. The lowest BCUT2D eigenvalue weighted by molar-refractivity contribution is 0.0920. The van der Waals surface area contributed by atoms with Crippen LogP contribution < -0.4 is 15.8 Å². The average Bonchev–Trinajstić information content (AvgIpc) is 3.42. The molecule has 1 saturated heterocycles. The number of nitrogens with zero attached hydrogens (tertiary/aromatic N) is 3. The molecule has 1 N–H and O–H groups in total. The lowest BCUT2D eigenvalue weighted by atomic mass is 10.3. The van der Waals surface area contributed by atoms with Gasteiger partial charge in [0, 0.05) is 12.4 Å². The van der Waals surface area contributed by atoms with E-state index in [9.17, 15) is 14.4 Å². The van der Waals surface area contributed by atoms with E-state index in [0.717, 1.165) is 10.6 Å². The van der Waals surface area contributed by atoms with E-state index in [1.165, 1.54) is 38.3 Å². The third kappa shape index (κ3) is 4.50. The molecule has 29 heavy (non-hydrogen) atoms. The second-order valence-corrected chi connectivity index (χ2v) is 8.87. The van der Waals surface area contributed by atoms with E-state index in [-0.39, 0.29) is 18.0 Å². The number of halogens is 1. The first-order chi connectivity index (χ1) is 14.0. The standard InChI is InChI=1S/C18H15ClN4O4S2/c19-14-2-1-13(29-14)17(25)21-6-12-9-23(18(26)27-12)16-5-11(10-28-16)8-22-4-3-20-7-15(22)24/h1-5,7,10,12H,6,8-9H2,(H,21,25)/t12-/m0/s1. The molecule has 0 unspecified atom stereocenters. The van der Waals surface area contributed by atoms with Gasteiger partial charge in [-0.3, -0.25) is 19.5 Å². The molecule has 0 bridgehead atoms. The summed E-state index contributed by atoms with van der Waals surface area (Å²) >= 11 is 8.43. The van der Waals surface area contributed by atoms with E-state index < -0.39 is 12.2 Å². The summed E-state index contributed by atoms with van der Waals surface area (Å²) < 4.78 is 7.44. The van der Waals surface area contributed by atoms with Crippen molar-refractivity contribution in [3.05, 3.63) is 67.3 Å². The van der Waals surface area contributed by atoms with E-state index in [2.05, 4.69) is 10.3 Å². The Kier molecular flexibility index (Phi) is 5.65. The highest BCUT2D eigenvalue weighted by molar-refractivity contribution is 7.18. The molecular formula is C18H15ClN4O4S2. The third-order valence-corrected chi connectivity index (χ3v) is 6.45. The molecule has 0 radical (unpaired) electrons. The van der Waals surface area contributed by atoms with E-state index in [0.29, 0.717) is 22.3 Å². The second kappa shape index (κ2) is 8.36. The van der Waals surface area contributed by atoms with Crippen molar-refractivity contribution in [1.82, 2.24) is 14.9 Å². The van der Waals surface area contributed by atoms with Crippen molar-refractivity contribution in [3.8, 4) is 0 Å². The number of hydrogen-bond donors (Lipinski definition) is 1. The van der Waals surface area contributed by atoms with Crippen LogP contribution in [0.3, 0.4) is 0 Å². The number of ether oxygens (including phenoxy) is 1. The summed E-state index contributed by atoms with van der Waals surface area (Å²) in [5.41, 5.74) is 0.709. The Bertz CT molecular complexity index is 1110. The molecule has 1 fully saturated rings. The molecule has 0 spiro atoms. The maximum Gasteiger partial charge on any atom is 0.415 e. The molecular weight excluding hydrogens is 436 g/mol. The summed E-state index contributed by atoms with van der Waals surface area (Å²) in [5.74, 6) is -0.252. The lowest BCUT2D eigenvalue weighted by Gasteiger charge is -2.10. The molecule has 3 aromatic heterocycles. The zero-order valence-corrected chi connectivity index (χ0v) is 17.3. The molecule has 0 aromatic carbocycles. The highest BCUT2D eigenvalue weighted by Crippen LogP contribution is 2.29. The van der Waals surface area contributed by atoms with Crippen LogP contribution in [-0.2, 0) is 11.3 Å². The van der Waals surface area contributed by atoms with Crippen LogP contribution in [0.4, 0.5) is 9.80 Å². The number of carbonyl (C=O) groups is 2. The van der Waals surface area contributed by atoms with Crippen LogP contribution in [0.25, 0.3) is 0 Å². The Balaban J connectivity index is 1.36. The average molecular weight is 451 g/mol. The molecule has 11 heteroatoms. The minimum atomic E-state index is -0.460. The third-order valence-electron chi connectivity index (χ3n) is 4.22. The Labute approximate surface area is 178 Å². The van der Waals surface area contributed by atoms with Gasteiger partial charge in [0.25, 0.3) is 11.5 Å². The monoisotopic (exact) mass is 450 g/mol. The van der Waals surface area contributed by atoms with Gasteiger partial charge in [-0.05, 0) is 29.1 Å². The molecule has 4 rings (SSSR count). The Hall–Kier alpha value is -2.69. The number of thiophene rings is 2. The fourth-order valence-electron chi connectivity index (χ4n) is 2.83. The van der Waals surface area contributed by atoms with Gasteiger partial charge in [-0.1, -0.05) is 11.6 Å². The van der Waals surface area contributed by atoms with Crippen molar-refractivity contribution >= 4 is 51.3 Å². The molecule has 1 aliphatic heterocycles. The largest absolute Gasteiger partial charge is 0.442 e. The van der Waals surface area contributed by atoms with Crippen LogP contribution >= 0.6 is 34.3 Å². The van der Waals surface area contributed by atoms with Crippen LogP contribution in [-0.4, -0.2) is 40.7 Å². The van der Waals surface area contributed by atoms with E-state index in [1.807, 2.05) is 11.4 Å². The number of carbonyl (C=O) groups excluding carboxylic acids is 2. The predicted octanol–water partition coefficient (Wildman–Crippen LogP) is 2.82. The van der Waals surface area contributed by atoms with Crippen molar-refractivity contribution in [1.29, 1.82) is 0 Å². The van der Waals surface area contributed by atoms with Crippen molar-refractivity contribution in [2.75, 3.05) is 18.0 Å². The zero-order chi connectivity index (χ0) is 20.4. The maximum absolute atomic E-state index is 12.2. The van der Waals surface area contributed by atoms with Crippen molar-refractivity contribution in [2.24, 2.45) is 0 Å². The first kappa shape index (κ1) is 19.6. The fourth-order valence-corrected chi connectivity index (χ4v) is 4.70. The molecule has 1 aliphatic rings. The van der Waals surface area contributed by atoms with E-state index in [1.54, 1.807) is 24.5 Å². The van der Waals surface area contributed by atoms with Crippen molar-refractivity contribution in [2.45, 2.75) is 12.6 Å². The second-order valence-electron chi connectivity index (χ2n) is 6.27. The van der Waals surface area contributed by atoms with Gasteiger partial charge < -0.3 is 14.6 Å². The summed E-state index contributed by atoms with van der Waals surface area (Å²) in [6, 6.07) is 5.16. The van der Waals surface area contributed by atoms with Gasteiger partial charge in [-0.25, -0.2) is 4.79 Å². The first-order valence-corrected chi connectivity index (χ1v) is 10.7. The number of rotatable bonds is 6. The maximum atomic E-state index is 12.2. The van der Waals surface area contributed by atoms with Gasteiger partial charge in [0.05, 0.1) is 35.0 Å². The highest BCUT2D eigenvalue weighted by Gasteiger charge is 2.33. The molecule has 8 nitrogen and oxygen atoms in total. The molecule has 2 amide bonds. The quantitative estimate of drug-likeness (QED) is 0.623. The number of anilines is 1. The number of hydrogen-bond acceptors (Lipinski definition) is 7. The summed E-state index contributed by atoms with van der Waals surface area (Å²) in [5, 5.41) is 5.38. The molecule has 150 valence electrons. The lowest BCUT2D eigenvalue weighted by Crippen LogP contribution is -2.34. The van der Waals surface area contributed by atoms with Crippen molar-refractivity contribution in [3.63, 3.8) is 0 Å². The van der Waals surface area contributed by atoms with Gasteiger partial charge in [-0.2, -0.15) is 0 Å². The van der Waals surface area contributed by atoms with Gasteiger partial charge >= 0.3 is 6.09 Å². The van der Waals surface area contributed by atoms with E-state index >= 15 is 0 Å².